The molecule has 1 atom stereocenters. The van der Waals surface area contributed by atoms with Crippen molar-refractivity contribution in [2.45, 2.75) is 19.4 Å². The van der Waals surface area contributed by atoms with Crippen LogP contribution in [0.25, 0.3) is 11.4 Å². The van der Waals surface area contributed by atoms with Crippen molar-refractivity contribution in [3.63, 3.8) is 0 Å². The first kappa shape index (κ1) is 14.2. The van der Waals surface area contributed by atoms with Crippen LogP contribution in [-0.2, 0) is 0 Å². The zero-order chi connectivity index (χ0) is 14.5. The van der Waals surface area contributed by atoms with Crippen LogP contribution in [0.1, 0.15) is 23.7 Å². The molecule has 1 aromatic heterocycles. The van der Waals surface area contributed by atoms with Crippen LogP contribution in [-0.4, -0.2) is 45.8 Å². The highest BCUT2D eigenvalue weighted by Crippen LogP contribution is 2.16. The Balaban J connectivity index is 2.04. The quantitative estimate of drug-likeness (QED) is 0.896. The SMILES string of the molecule is CC(O)CCN(C)C(=O)c1ccc(-c2ncon2)cc1. The second-order valence-corrected chi connectivity index (χ2v) is 4.70. The number of rotatable bonds is 5. The van der Waals surface area contributed by atoms with Gasteiger partial charge in [-0.3, -0.25) is 4.79 Å². The summed E-state index contributed by atoms with van der Waals surface area (Å²) < 4.78 is 4.68. The van der Waals surface area contributed by atoms with Gasteiger partial charge < -0.3 is 14.5 Å². The standard InChI is InChI=1S/C14H17N3O3/c1-10(18)7-8-17(2)14(19)12-5-3-11(4-6-12)13-15-9-20-16-13/h3-6,9-10,18H,7-8H2,1-2H3. The van der Waals surface area contributed by atoms with E-state index in [2.05, 4.69) is 14.7 Å². The van der Waals surface area contributed by atoms with Crippen LogP contribution < -0.4 is 0 Å². The van der Waals surface area contributed by atoms with Crippen LogP contribution in [0.3, 0.4) is 0 Å². The molecule has 2 rings (SSSR count). The summed E-state index contributed by atoms with van der Waals surface area (Å²) >= 11 is 0. The van der Waals surface area contributed by atoms with Crippen molar-refractivity contribution in [1.82, 2.24) is 15.0 Å². The van der Waals surface area contributed by atoms with Crippen LogP contribution in [0.15, 0.2) is 35.2 Å². The third-order valence-electron chi connectivity index (χ3n) is 2.98. The topological polar surface area (TPSA) is 79.5 Å². The highest BCUT2D eigenvalue weighted by molar-refractivity contribution is 5.94. The molecule has 2 aromatic rings. The molecule has 0 radical (unpaired) electrons. The molecular weight excluding hydrogens is 258 g/mol. The molecule has 6 nitrogen and oxygen atoms in total. The lowest BCUT2D eigenvalue weighted by Crippen LogP contribution is -2.29. The van der Waals surface area contributed by atoms with Crippen molar-refractivity contribution in [2.75, 3.05) is 13.6 Å². The van der Waals surface area contributed by atoms with Gasteiger partial charge in [-0.2, -0.15) is 4.98 Å². The van der Waals surface area contributed by atoms with Crippen LogP contribution in [0.2, 0.25) is 0 Å². The maximum absolute atomic E-state index is 12.1. The molecule has 1 heterocycles. The van der Waals surface area contributed by atoms with Crippen molar-refractivity contribution in [3.05, 3.63) is 36.2 Å². The van der Waals surface area contributed by atoms with Gasteiger partial charge in [0.15, 0.2) is 0 Å². The molecule has 1 unspecified atom stereocenters. The van der Waals surface area contributed by atoms with Crippen molar-refractivity contribution < 1.29 is 14.4 Å². The third-order valence-corrected chi connectivity index (χ3v) is 2.98. The molecule has 0 saturated heterocycles. The van der Waals surface area contributed by atoms with Gasteiger partial charge in [0.25, 0.3) is 5.91 Å². The highest BCUT2D eigenvalue weighted by Gasteiger charge is 2.12. The minimum Gasteiger partial charge on any atom is -0.393 e. The molecule has 0 aliphatic carbocycles. The first-order valence-corrected chi connectivity index (χ1v) is 6.38. The predicted octanol–water partition coefficient (Wildman–Crippen LogP) is 1.58. The summed E-state index contributed by atoms with van der Waals surface area (Å²) in [7, 11) is 1.72. The van der Waals surface area contributed by atoms with Gasteiger partial charge in [-0.25, -0.2) is 0 Å². The molecule has 0 saturated carbocycles. The van der Waals surface area contributed by atoms with Crippen molar-refractivity contribution in [2.24, 2.45) is 0 Å². The zero-order valence-corrected chi connectivity index (χ0v) is 11.5. The fraction of sp³-hybridized carbons (Fsp3) is 0.357. The van der Waals surface area contributed by atoms with Gasteiger partial charge in [0.05, 0.1) is 6.10 Å². The van der Waals surface area contributed by atoms with Gasteiger partial charge in [-0.05, 0) is 25.5 Å². The average Bonchev–Trinajstić information content (AvgIpc) is 2.98. The fourth-order valence-corrected chi connectivity index (χ4v) is 1.76. The summed E-state index contributed by atoms with van der Waals surface area (Å²) in [5, 5.41) is 13.0. The first-order valence-electron chi connectivity index (χ1n) is 6.38. The van der Waals surface area contributed by atoms with Gasteiger partial charge in [0, 0.05) is 24.7 Å². The number of carbonyl (C=O) groups excluding carboxylic acids is 1. The molecule has 1 amide bonds. The van der Waals surface area contributed by atoms with E-state index in [9.17, 15) is 9.90 Å². The number of hydrogen-bond donors (Lipinski definition) is 1. The van der Waals surface area contributed by atoms with Gasteiger partial charge in [0.2, 0.25) is 12.2 Å². The number of aliphatic hydroxyl groups excluding tert-OH is 1. The average molecular weight is 275 g/mol. The Morgan fingerprint density at radius 3 is 2.65 bits per heavy atom. The lowest BCUT2D eigenvalue weighted by atomic mass is 10.1. The molecule has 0 fully saturated rings. The summed E-state index contributed by atoms with van der Waals surface area (Å²) in [6, 6.07) is 7.01. The Morgan fingerprint density at radius 2 is 2.10 bits per heavy atom. The van der Waals surface area contributed by atoms with E-state index < -0.39 is 6.10 Å². The van der Waals surface area contributed by atoms with E-state index in [1.807, 2.05) is 0 Å². The molecular formula is C14H17N3O3. The maximum Gasteiger partial charge on any atom is 0.253 e. The van der Waals surface area contributed by atoms with E-state index in [1.54, 1.807) is 43.1 Å². The highest BCUT2D eigenvalue weighted by atomic mass is 16.5. The van der Waals surface area contributed by atoms with E-state index >= 15 is 0 Å². The second kappa shape index (κ2) is 6.29. The van der Waals surface area contributed by atoms with E-state index in [0.717, 1.165) is 5.56 Å². The Kier molecular flexibility index (Phi) is 4.47. The molecule has 1 N–H and O–H groups in total. The zero-order valence-electron chi connectivity index (χ0n) is 11.5. The number of aliphatic hydroxyl groups is 1. The first-order chi connectivity index (χ1) is 9.58. The maximum atomic E-state index is 12.1. The number of amides is 1. The summed E-state index contributed by atoms with van der Waals surface area (Å²) in [4.78, 5) is 17.7. The Bertz CT molecular complexity index is 550. The number of aromatic nitrogens is 2. The molecule has 0 aliphatic rings. The van der Waals surface area contributed by atoms with Crippen LogP contribution in [0.5, 0.6) is 0 Å². The monoisotopic (exact) mass is 275 g/mol. The van der Waals surface area contributed by atoms with E-state index in [4.69, 9.17) is 0 Å². The predicted molar refractivity (Wildman–Crippen MR) is 73.0 cm³/mol. The van der Waals surface area contributed by atoms with Crippen LogP contribution >= 0.6 is 0 Å². The number of hydrogen-bond acceptors (Lipinski definition) is 5. The lowest BCUT2D eigenvalue weighted by molar-refractivity contribution is 0.0769. The smallest absolute Gasteiger partial charge is 0.253 e. The molecule has 0 spiro atoms. The second-order valence-electron chi connectivity index (χ2n) is 4.70. The number of benzene rings is 1. The summed E-state index contributed by atoms with van der Waals surface area (Å²) in [5.41, 5.74) is 1.38. The minimum absolute atomic E-state index is 0.0784. The van der Waals surface area contributed by atoms with Gasteiger partial charge >= 0.3 is 0 Å². The van der Waals surface area contributed by atoms with Crippen LogP contribution in [0, 0.1) is 0 Å². The largest absolute Gasteiger partial charge is 0.393 e. The minimum atomic E-state index is -0.411. The number of nitrogens with zero attached hydrogens (tertiary/aromatic N) is 3. The summed E-state index contributed by atoms with van der Waals surface area (Å²) in [6.45, 7) is 2.22. The molecule has 106 valence electrons. The van der Waals surface area contributed by atoms with E-state index in [0.29, 0.717) is 24.4 Å². The molecule has 6 heteroatoms. The van der Waals surface area contributed by atoms with Crippen LogP contribution in [0.4, 0.5) is 0 Å². The summed E-state index contributed by atoms with van der Waals surface area (Å²) in [6.07, 6.45) is 1.41. The van der Waals surface area contributed by atoms with Crippen molar-refractivity contribution >= 4 is 5.91 Å². The van der Waals surface area contributed by atoms with Crippen molar-refractivity contribution in [3.8, 4) is 11.4 Å². The lowest BCUT2D eigenvalue weighted by Gasteiger charge is -2.18. The Morgan fingerprint density at radius 1 is 1.40 bits per heavy atom. The van der Waals surface area contributed by atoms with Gasteiger partial charge in [-0.1, -0.05) is 17.3 Å². The third kappa shape index (κ3) is 3.42. The molecule has 0 bridgehead atoms. The molecule has 0 aliphatic heterocycles. The van der Waals surface area contributed by atoms with E-state index in [-0.39, 0.29) is 5.91 Å². The van der Waals surface area contributed by atoms with Gasteiger partial charge in [-0.15, -0.1) is 0 Å². The Hall–Kier alpha value is -2.21. The van der Waals surface area contributed by atoms with Gasteiger partial charge in [0.1, 0.15) is 0 Å². The number of carbonyl (C=O) groups is 1. The normalized spacial score (nSPS) is 12.2. The van der Waals surface area contributed by atoms with Crippen molar-refractivity contribution in [1.29, 1.82) is 0 Å². The molecule has 1 aromatic carbocycles. The fourth-order valence-electron chi connectivity index (χ4n) is 1.76. The molecule has 20 heavy (non-hydrogen) atoms. The Labute approximate surface area is 117 Å². The summed E-state index contributed by atoms with van der Waals surface area (Å²) in [5.74, 6) is 0.414. The van der Waals surface area contributed by atoms with E-state index in [1.165, 1.54) is 6.39 Å².